The molecule has 0 saturated carbocycles. The molecule has 0 spiro atoms. The van der Waals surface area contributed by atoms with Crippen LogP contribution >= 0.6 is 0 Å². The van der Waals surface area contributed by atoms with Gasteiger partial charge in [-0.3, -0.25) is 14.5 Å². The molecule has 5 heteroatoms. The van der Waals surface area contributed by atoms with Gasteiger partial charge in [0.15, 0.2) is 0 Å². The van der Waals surface area contributed by atoms with E-state index < -0.39 is 0 Å². The van der Waals surface area contributed by atoms with Crippen molar-refractivity contribution in [1.82, 2.24) is 0 Å². The van der Waals surface area contributed by atoms with Gasteiger partial charge in [0, 0.05) is 18.8 Å². The fourth-order valence-electron chi connectivity index (χ4n) is 4.14. The molecule has 25 heavy (non-hydrogen) atoms. The number of nitrogens with zero attached hydrogens (tertiary/aromatic N) is 2. The molecular weight excluding hydrogens is 316 g/mol. The standard InChI is InChI=1S/C20H24N2O3/c1-13-11-17-18(12-14(13)2)20(24)22(19(17)23)16-5-3-15(4-6-16)21-7-9-25-10-8-21/h3-6,17-18H,7-12H2,1-2H3. The lowest BCUT2D eigenvalue weighted by Gasteiger charge is -2.29. The van der Waals surface area contributed by atoms with E-state index in [1.807, 2.05) is 24.3 Å². The van der Waals surface area contributed by atoms with Gasteiger partial charge in [0.1, 0.15) is 0 Å². The summed E-state index contributed by atoms with van der Waals surface area (Å²) in [7, 11) is 0. The van der Waals surface area contributed by atoms with E-state index in [0.717, 1.165) is 32.0 Å². The zero-order chi connectivity index (χ0) is 17.6. The third-order valence-corrected chi connectivity index (χ3v) is 5.83. The molecule has 0 radical (unpaired) electrons. The molecule has 2 atom stereocenters. The second-order valence-electron chi connectivity index (χ2n) is 7.31. The van der Waals surface area contributed by atoms with Crippen molar-refractivity contribution in [3.8, 4) is 0 Å². The van der Waals surface area contributed by atoms with Crippen molar-refractivity contribution in [3.63, 3.8) is 0 Å². The van der Waals surface area contributed by atoms with E-state index in [1.165, 1.54) is 16.0 Å². The van der Waals surface area contributed by atoms with Gasteiger partial charge in [-0.05, 0) is 51.0 Å². The van der Waals surface area contributed by atoms with E-state index in [9.17, 15) is 9.59 Å². The minimum absolute atomic E-state index is 0.0408. The minimum atomic E-state index is -0.185. The predicted molar refractivity (Wildman–Crippen MR) is 96.6 cm³/mol. The zero-order valence-corrected chi connectivity index (χ0v) is 14.8. The molecule has 1 aliphatic carbocycles. The highest BCUT2D eigenvalue weighted by Crippen LogP contribution is 2.42. The second kappa shape index (κ2) is 6.30. The summed E-state index contributed by atoms with van der Waals surface area (Å²) in [4.78, 5) is 29.4. The lowest BCUT2D eigenvalue weighted by atomic mass is 9.78. The predicted octanol–water partition coefficient (Wildman–Crippen LogP) is 2.76. The largest absolute Gasteiger partial charge is 0.378 e. The van der Waals surface area contributed by atoms with Gasteiger partial charge in [-0.2, -0.15) is 0 Å². The number of morpholine rings is 1. The molecule has 2 heterocycles. The van der Waals surface area contributed by atoms with Gasteiger partial charge in [0.2, 0.25) is 11.8 Å². The highest BCUT2D eigenvalue weighted by molar-refractivity contribution is 6.22. The number of allylic oxidation sites excluding steroid dienone is 2. The summed E-state index contributed by atoms with van der Waals surface area (Å²) in [6.07, 6.45) is 1.42. The summed E-state index contributed by atoms with van der Waals surface area (Å²) >= 11 is 0. The van der Waals surface area contributed by atoms with Crippen molar-refractivity contribution in [3.05, 3.63) is 35.4 Å². The van der Waals surface area contributed by atoms with Gasteiger partial charge < -0.3 is 9.64 Å². The first kappa shape index (κ1) is 16.3. The first-order valence-corrected chi connectivity index (χ1v) is 9.02. The Hall–Kier alpha value is -2.14. The first-order valence-electron chi connectivity index (χ1n) is 9.02. The first-order chi connectivity index (χ1) is 12.1. The molecule has 2 amide bonds. The van der Waals surface area contributed by atoms with Gasteiger partial charge in [0.25, 0.3) is 0 Å². The molecule has 0 bridgehead atoms. The van der Waals surface area contributed by atoms with Crippen molar-refractivity contribution < 1.29 is 14.3 Å². The Bertz CT molecular complexity index is 700. The molecule has 2 unspecified atom stereocenters. The number of fused-ring (bicyclic) bond motifs is 1. The third-order valence-electron chi connectivity index (χ3n) is 5.83. The van der Waals surface area contributed by atoms with Crippen LogP contribution in [0.2, 0.25) is 0 Å². The van der Waals surface area contributed by atoms with Crippen LogP contribution in [0.25, 0.3) is 0 Å². The molecular formula is C20H24N2O3. The van der Waals surface area contributed by atoms with E-state index in [4.69, 9.17) is 4.74 Å². The number of anilines is 2. The second-order valence-corrected chi connectivity index (χ2v) is 7.31. The van der Waals surface area contributed by atoms with Crippen LogP contribution in [0, 0.1) is 11.8 Å². The molecule has 2 saturated heterocycles. The summed E-state index contributed by atoms with van der Waals surface area (Å²) in [6, 6.07) is 7.78. The molecule has 2 fully saturated rings. The molecule has 132 valence electrons. The average molecular weight is 340 g/mol. The normalized spacial score (nSPS) is 27.1. The lowest BCUT2D eigenvalue weighted by Crippen LogP contribution is -2.36. The maximum absolute atomic E-state index is 12.8. The van der Waals surface area contributed by atoms with Crippen LogP contribution < -0.4 is 9.80 Å². The fraction of sp³-hybridized carbons (Fsp3) is 0.500. The monoisotopic (exact) mass is 340 g/mol. The summed E-state index contributed by atoms with van der Waals surface area (Å²) in [5.74, 6) is -0.452. The molecule has 3 aliphatic rings. The summed E-state index contributed by atoms with van der Waals surface area (Å²) < 4.78 is 5.38. The summed E-state index contributed by atoms with van der Waals surface area (Å²) in [5, 5.41) is 0. The number of hydrogen-bond donors (Lipinski definition) is 0. The third kappa shape index (κ3) is 2.76. The lowest BCUT2D eigenvalue weighted by molar-refractivity contribution is -0.122. The smallest absolute Gasteiger partial charge is 0.238 e. The molecule has 4 rings (SSSR count). The number of imide groups is 1. The maximum atomic E-state index is 12.8. The van der Waals surface area contributed by atoms with Crippen LogP contribution in [0.5, 0.6) is 0 Å². The molecule has 1 aromatic carbocycles. The number of rotatable bonds is 2. The van der Waals surface area contributed by atoms with Crippen LogP contribution in [-0.4, -0.2) is 38.1 Å². The van der Waals surface area contributed by atoms with Crippen LogP contribution in [0.1, 0.15) is 26.7 Å². The van der Waals surface area contributed by atoms with E-state index in [0.29, 0.717) is 18.5 Å². The Balaban J connectivity index is 1.56. The Morgan fingerprint density at radius 3 is 1.84 bits per heavy atom. The van der Waals surface area contributed by atoms with Crippen LogP contribution in [-0.2, 0) is 14.3 Å². The Morgan fingerprint density at radius 2 is 1.32 bits per heavy atom. The molecule has 0 aromatic heterocycles. The molecule has 1 aromatic rings. The van der Waals surface area contributed by atoms with Crippen molar-refractivity contribution >= 4 is 23.2 Å². The van der Waals surface area contributed by atoms with E-state index in [1.54, 1.807) is 0 Å². The van der Waals surface area contributed by atoms with Crippen molar-refractivity contribution in [2.75, 3.05) is 36.1 Å². The van der Waals surface area contributed by atoms with Crippen LogP contribution in [0.4, 0.5) is 11.4 Å². The quantitative estimate of drug-likeness (QED) is 0.614. The van der Waals surface area contributed by atoms with E-state index in [-0.39, 0.29) is 23.7 Å². The van der Waals surface area contributed by atoms with Crippen LogP contribution in [0.15, 0.2) is 35.4 Å². The summed E-state index contributed by atoms with van der Waals surface area (Å²) in [6.45, 7) is 7.36. The van der Waals surface area contributed by atoms with E-state index >= 15 is 0 Å². The number of benzene rings is 1. The van der Waals surface area contributed by atoms with Crippen LogP contribution in [0.3, 0.4) is 0 Å². The topological polar surface area (TPSA) is 49.9 Å². The number of amides is 2. The number of carbonyl (C=O) groups excluding carboxylic acids is 2. The van der Waals surface area contributed by atoms with Gasteiger partial charge >= 0.3 is 0 Å². The number of hydrogen-bond acceptors (Lipinski definition) is 4. The highest BCUT2D eigenvalue weighted by atomic mass is 16.5. The fourth-order valence-corrected chi connectivity index (χ4v) is 4.14. The van der Waals surface area contributed by atoms with Crippen molar-refractivity contribution in [2.45, 2.75) is 26.7 Å². The molecule has 0 N–H and O–H groups in total. The average Bonchev–Trinajstić information content (AvgIpc) is 2.87. The minimum Gasteiger partial charge on any atom is -0.378 e. The SMILES string of the molecule is CC1=C(C)CC2C(=O)N(c3ccc(N4CCOCC4)cc3)C(=O)C2C1. The van der Waals surface area contributed by atoms with Crippen molar-refractivity contribution in [2.24, 2.45) is 11.8 Å². The molecule has 5 nitrogen and oxygen atoms in total. The van der Waals surface area contributed by atoms with Gasteiger partial charge in [-0.25, -0.2) is 0 Å². The van der Waals surface area contributed by atoms with Gasteiger partial charge in [-0.1, -0.05) is 11.1 Å². The van der Waals surface area contributed by atoms with Gasteiger partial charge in [0.05, 0.1) is 30.7 Å². The number of carbonyl (C=O) groups is 2. The highest BCUT2D eigenvalue weighted by Gasteiger charge is 2.49. The molecule has 2 aliphatic heterocycles. The van der Waals surface area contributed by atoms with E-state index in [2.05, 4.69) is 18.7 Å². The maximum Gasteiger partial charge on any atom is 0.238 e. The van der Waals surface area contributed by atoms with Gasteiger partial charge in [-0.15, -0.1) is 0 Å². The zero-order valence-electron chi connectivity index (χ0n) is 14.8. The van der Waals surface area contributed by atoms with Crippen molar-refractivity contribution in [1.29, 1.82) is 0 Å². The summed E-state index contributed by atoms with van der Waals surface area (Å²) in [5.41, 5.74) is 4.31. The Morgan fingerprint density at radius 1 is 0.840 bits per heavy atom. The Labute approximate surface area is 148 Å². The Kier molecular flexibility index (Phi) is 4.12. The number of ether oxygens (including phenoxy) is 1.